The van der Waals surface area contributed by atoms with Crippen molar-refractivity contribution in [2.75, 3.05) is 13.1 Å². The molecule has 0 spiro atoms. The number of urea groups is 1. The summed E-state index contributed by atoms with van der Waals surface area (Å²) in [7, 11) is 0. The number of Topliss-reactive ketones (excluding diaryl/α,β-unsaturated/α-hetero) is 1. The number of phenols is 1. The molecule has 3 rings (SSSR count). The average Bonchev–Trinajstić information content (AvgIpc) is 2.90. The number of phenolic OH excluding ortho intramolecular Hbond substituents is 1. The number of amides is 5. The van der Waals surface area contributed by atoms with Gasteiger partial charge in [0, 0.05) is 24.9 Å². The Morgan fingerprint density at radius 1 is 1.18 bits per heavy atom. The summed E-state index contributed by atoms with van der Waals surface area (Å²) in [5, 5.41) is 15.0. The number of rotatable bonds is 7. The third-order valence-electron chi connectivity index (χ3n) is 5.33. The highest BCUT2D eigenvalue weighted by Gasteiger charge is 2.44. The molecule has 0 unspecified atom stereocenters. The maximum atomic E-state index is 13.3. The Hall–Kier alpha value is -3.96. The van der Waals surface area contributed by atoms with Crippen molar-refractivity contribution in [3.05, 3.63) is 29.8 Å². The zero-order valence-electron chi connectivity index (χ0n) is 18.0. The molecule has 2 saturated heterocycles. The lowest BCUT2D eigenvalue weighted by molar-refractivity contribution is -0.155. The van der Waals surface area contributed by atoms with Crippen LogP contribution in [0, 0.1) is 0 Å². The zero-order valence-corrected chi connectivity index (χ0v) is 18.0. The highest BCUT2D eigenvalue weighted by atomic mass is 16.3. The minimum atomic E-state index is -1.10. The maximum absolute atomic E-state index is 13.3. The number of hydrazine groups is 2. The van der Waals surface area contributed by atoms with Gasteiger partial charge in [0.05, 0.1) is 12.6 Å². The van der Waals surface area contributed by atoms with E-state index in [-0.39, 0.29) is 49.4 Å². The number of nitrogens with one attached hydrogen (secondary N) is 2. The maximum Gasteiger partial charge on any atom is 0.358 e. The molecule has 33 heavy (non-hydrogen) atoms. The van der Waals surface area contributed by atoms with Gasteiger partial charge in [0.25, 0.3) is 5.91 Å². The molecule has 12 nitrogen and oxygen atoms in total. The number of carbonyl (C=O) groups is 6. The van der Waals surface area contributed by atoms with Crippen molar-refractivity contribution in [2.24, 2.45) is 0 Å². The Labute approximate surface area is 189 Å². The summed E-state index contributed by atoms with van der Waals surface area (Å²) in [6, 6.07) is 2.46. The number of carbonyl (C=O) groups excluding carboxylic acids is 6. The number of ketones is 1. The molecule has 2 heterocycles. The zero-order chi connectivity index (χ0) is 24.1. The topological polar surface area (TPSA) is 156 Å². The molecule has 176 valence electrons. The van der Waals surface area contributed by atoms with Crippen LogP contribution in [0.1, 0.15) is 43.0 Å². The van der Waals surface area contributed by atoms with Crippen LogP contribution in [-0.2, 0) is 19.2 Å². The summed E-state index contributed by atoms with van der Waals surface area (Å²) < 4.78 is 0. The molecule has 2 fully saturated rings. The van der Waals surface area contributed by atoms with Crippen LogP contribution < -0.4 is 10.7 Å². The van der Waals surface area contributed by atoms with E-state index in [0.717, 1.165) is 10.0 Å². The van der Waals surface area contributed by atoms with Gasteiger partial charge in [0.2, 0.25) is 11.8 Å². The minimum absolute atomic E-state index is 0.0285. The fraction of sp³-hybridized carbons (Fsp3) is 0.429. The first-order chi connectivity index (χ1) is 15.7. The van der Waals surface area contributed by atoms with Crippen molar-refractivity contribution in [3.63, 3.8) is 0 Å². The highest BCUT2D eigenvalue weighted by Crippen LogP contribution is 2.24. The number of benzene rings is 1. The van der Waals surface area contributed by atoms with Gasteiger partial charge in [0.1, 0.15) is 23.9 Å². The first-order valence-corrected chi connectivity index (χ1v) is 10.5. The van der Waals surface area contributed by atoms with Crippen molar-refractivity contribution in [2.45, 2.75) is 44.7 Å². The number of aldehydes is 1. The Bertz CT molecular complexity index is 964. The van der Waals surface area contributed by atoms with Gasteiger partial charge in [-0.3, -0.25) is 24.6 Å². The van der Waals surface area contributed by atoms with Gasteiger partial charge in [0.15, 0.2) is 0 Å². The number of hydrogen-bond donors (Lipinski definition) is 3. The first-order valence-electron chi connectivity index (χ1n) is 10.5. The lowest BCUT2D eigenvalue weighted by atomic mass is 10.1. The molecule has 0 aromatic heterocycles. The lowest BCUT2D eigenvalue weighted by Crippen LogP contribution is -2.64. The molecule has 2 atom stereocenters. The molecular weight excluding hydrogens is 434 g/mol. The van der Waals surface area contributed by atoms with Gasteiger partial charge in [-0.1, -0.05) is 0 Å². The second kappa shape index (κ2) is 10.1. The van der Waals surface area contributed by atoms with Crippen LogP contribution >= 0.6 is 0 Å². The van der Waals surface area contributed by atoms with Crippen molar-refractivity contribution in [1.29, 1.82) is 0 Å². The Morgan fingerprint density at radius 2 is 1.88 bits per heavy atom. The molecule has 2 aliphatic rings. The van der Waals surface area contributed by atoms with E-state index in [4.69, 9.17) is 0 Å². The summed E-state index contributed by atoms with van der Waals surface area (Å²) in [5.41, 5.74) is 2.63. The molecule has 2 aliphatic heterocycles. The SMILES string of the molecule is CC(=O)C[C@@H](C=O)NC(=O)[C@@H]1CCCN2C(=O)CCN(NC(=O)c3ccc(O)cc3)C(=O)N12. The van der Waals surface area contributed by atoms with Crippen LogP contribution in [0.25, 0.3) is 0 Å². The monoisotopic (exact) mass is 459 g/mol. The summed E-state index contributed by atoms with van der Waals surface area (Å²) in [6.07, 6.45) is 0.860. The second-order valence-electron chi connectivity index (χ2n) is 7.85. The minimum Gasteiger partial charge on any atom is -0.508 e. The second-order valence-corrected chi connectivity index (χ2v) is 7.85. The van der Waals surface area contributed by atoms with Gasteiger partial charge in [-0.15, -0.1) is 0 Å². The van der Waals surface area contributed by atoms with Gasteiger partial charge in [-0.25, -0.2) is 19.8 Å². The van der Waals surface area contributed by atoms with Crippen LogP contribution in [0.3, 0.4) is 0 Å². The summed E-state index contributed by atoms with van der Waals surface area (Å²) in [6.45, 7) is 1.40. The number of nitrogens with zero attached hydrogens (tertiary/aromatic N) is 3. The molecular formula is C21H25N5O7. The lowest BCUT2D eigenvalue weighted by Gasteiger charge is -2.43. The average molecular weight is 459 g/mol. The summed E-state index contributed by atoms with van der Waals surface area (Å²) in [5.74, 6) is -2.02. The molecule has 5 amide bonds. The van der Waals surface area contributed by atoms with E-state index in [1.165, 1.54) is 36.2 Å². The van der Waals surface area contributed by atoms with E-state index in [1.54, 1.807) is 0 Å². The van der Waals surface area contributed by atoms with E-state index in [9.17, 15) is 33.9 Å². The van der Waals surface area contributed by atoms with Crippen LogP contribution in [0.2, 0.25) is 0 Å². The van der Waals surface area contributed by atoms with Crippen molar-refractivity contribution < 1.29 is 33.9 Å². The molecule has 12 heteroatoms. The summed E-state index contributed by atoms with van der Waals surface area (Å²) in [4.78, 5) is 74.0. The third-order valence-corrected chi connectivity index (χ3v) is 5.33. The van der Waals surface area contributed by atoms with Gasteiger partial charge < -0.3 is 15.2 Å². The molecule has 0 saturated carbocycles. The van der Waals surface area contributed by atoms with Gasteiger partial charge >= 0.3 is 6.03 Å². The van der Waals surface area contributed by atoms with E-state index in [2.05, 4.69) is 10.7 Å². The van der Waals surface area contributed by atoms with E-state index in [1.807, 2.05) is 0 Å². The smallest absolute Gasteiger partial charge is 0.358 e. The quantitative estimate of drug-likeness (QED) is 0.474. The Kier molecular flexibility index (Phi) is 7.26. The van der Waals surface area contributed by atoms with Crippen LogP contribution in [0.15, 0.2) is 24.3 Å². The highest BCUT2D eigenvalue weighted by molar-refractivity contribution is 5.97. The number of fused-ring (bicyclic) bond motifs is 1. The van der Waals surface area contributed by atoms with Crippen LogP contribution in [-0.4, -0.2) is 81.1 Å². The fourth-order valence-corrected chi connectivity index (χ4v) is 3.74. The largest absolute Gasteiger partial charge is 0.508 e. The van der Waals surface area contributed by atoms with Crippen molar-refractivity contribution in [1.82, 2.24) is 25.8 Å². The predicted octanol–water partition coefficient (Wildman–Crippen LogP) is -0.266. The van der Waals surface area contributed by atoms with E-state index in [0.29, 0.717) is 12.7 Å². The van der Waals surface area contributed by atoms with Crippen LogP contribution in [0.4, 0.5) is 4.79 Å². The molecule has 1 aromatic carbocycles. The third kappa shape index (κ3) is 5.45. The first kappa shape index (κ1) is 23.7. The van der Waals surface area contributed by atoms with Gasteiger partial charge in [-0.05, 0) is 44.0 Å². The van der Waals surface area contributed by atoms with Crippen molar-refractivity contribution >= 4 is 35.8 Å². The predicted molar refractivity (Wildman–Crippen MR) is 112 cm³/mol. The number of aromatic hydroxyl groups is 1. The molecule has 0 radical (unpaired) electrons. The fourth-order valence-electron chi connectivity index (χ4n) is 3.74. The van der Waals surface area contributed by atoms with E-state index >= 15 is 0 Å². The molecule has 0 aliphatic carbocycles. The summed E-state index contributed by atoms with van der Waals surface area (Å²) >= 11 is 0. The van der Waals surface area contributed by atoms with E-state index < -0.39 is 35.8 Å². The van der Waals surface area contributed by atoms with Gasteiger partial charge in [-0.2, -0.15) is 0 Å². The Balaban J connectivity index is 1.80. The molecule has 1 aromatic rings. The normalized spacial score (nSPS) is 19.3. The standard InChI is InChI=1S/C21H25N5O7/c1-13(28)11-15(12-27)22-20(32)17-3-2-9-25-18(30)8-10-24(21(33)26(17)25)23-19(31)14-4-6-16(29)7-5-14/h4-7,12,15,17,29H,2-3,8-11H2,1H3,(H,22,32)(H,23,31)/t15-,17-/m0/s1. The van der Waals surface area contributed by atoms with Crippen LogP contribution in [0.5, 0.6) is 5.75 Å². The number of hydrogen-bond acceptors (Lipinski definition) is 7. The molecule has 3 N–H and O–H groups in total. The molecule has 0 bridgehead atoms. The Morgan fingerprint density at radius 3 is 2.52 bits per heavy atom. The van der Waals surface area contributed by atoms with Crippen molar-refractivity contribution in [3.8, 4) is 5.75 Å².